The minimum atomic E-state index is -3.03. The first-order valence-electron chi connectivity index (χ1n) is 6.58. The molecular formula is C13H21N3O2S. The molecule has 0 radical (unpaired) electrons. The summed E-state index contributed by atoms with van der Waals surface area (Å²) < 4.78 is 24.4. The van der Waals surface area contributed by atoms with Crippen molar-refractivity contribution in [1.29, 1.82) is 0 Å². The van der Waals surface area contributed by atoms with Crippen LogP contribution >= 0.6 is 0 Å². The fourth-order valence-corrected chi connectivity index (χ4v) is 3.31. The molecule has 1 unspecified atom stereocenters. The third-order valence-electron chi connectivity index (χ3n) is 3.59. The summed E-state index contributed by atoms with van der Waals surface area (Å²) in [6, 6.07) is 4.59. The lowest BCUT2D eigenvalue weighted by atomic mass is 10.0. The van der Waals surface area contributed by atoms with Gasteiger partial charge in [0.25, 0.3) is 0 Å². The van der Waals surface area contributed by atoms with Crippen LogP contribution in [-0.4, -0.2) is 43.1 Å². The van der Waals surface area contributed by atoms with Crippen molar-refractivity contribution in [3.05, 3.63) is 30.1 Å². The van der Waals surface area contributed by atoms with Crippen LogP contribution in [0.4, 0.5) is 0 Å². The number of hydrogen-bond donors (Lipinski definition) is 1. The highest BCUT2D eigenvalue weighted by Crippen LogP contribution is 2.17. The van der Waals surface area contributed by atoms with E-state index >= 15 is 0 Å². The molecule has 5 nitrogen and oxygen atoms in total. The Kier molecular flexibility index (Phi) is 4.54. The molecule has 1 aliphatic heterocycles. The van der Waals surface area contributed by atoms with Crippen molar-refractivity contribution in [3.8, 4) is 0 Å². The van der Waals surface area contributed by atoms with Gasteiger partial charge < -0.3 is 5.32 Å². The van der Waals surface area contributed by atoms with E-state index in [0.717, 1.165) is 18.4 Å². The van der Waals surface area contributed by atoms with Gasteiger partial charge in [-0.2, -0.15) is 0 Å². The highest BCUT2D eigenvalue weighted by atomic mass is 32.2. The smallest absolute Gasteiger partial charge is 0.211 e. The molecular weight excluding hydrogens is 262 g/mol. The molecule has 1 aromatic rings. The van der Waals surface area contributed by atoms with Crippen molar-refractivity contribution < 1.29 is 8.42 Å². The van der Waals surface area contributed by atoms with Crippen LogP contribution in [0.1, 0.15) is 31.4 Å². The number of hydrogen-bond acceptors (Lipinski definition) is 4. The van der Waals surface area contributed by atoms with E-state index in [0.29, 0.717) is 19.1 Å². The molecule has 6 heteroatoms. The molecule has 2 heterocycles. The van der Waals surface area contributed by atoms with Gasteiger partial charge in [-0.05, 0) is 31.4 Å². The fraction of sp³-hybridized carbons (Fsp3) is 0.615. The molecule has 1 fully saturated rings. The normalized spacial score (nSPS) is 20.3. The maximum absolute atomic E-state index is 11.4. The topological polar surface area (TPSA) is 62.3 Å². The van der Waals surface area contributed by atoms with E-state index in [4.69, 9.17) is 0 Å². The molecule has 0 saturated carbocycles. The molecule has 2 rings (SSSR count). The fourth-order valence-electron chi connectivity index (χ4n) is 2.44. The molecule has 0 bridgehead atoms. The van der Waals surface area contributed by atoms with E-state index in [-0.39, 0.29) is 6.04 Å². The van der Waals surface area contributed by atoms with E-state index in [2.05, 4.69) is 23.3 Å². The van der Waals surface area contributed by atoms with Gasteiger partial charge in [0.1, 0.15) is 0 Å². The van der Waals surface area contributed by atoms with Crippen LogP contribution in [0.2, 0.25) is 0 Å². The van der Waals surface area contributed by atoms with Gasteiger partial charge in [0.15, 0.2) is 0 Å². The van der Waals surface area contributed by atoms with E-state index < -0.39 is 10.0 Å². The Balaban J connectivity index is 1.86. The van der Waals surface area contributed by atoms with Gasteiger partial charge in [-0.3, -0.25) is 4.98 Å². The van der Waals surface area contributed by atoms with Gasteiger partial charge in [-0.25, -0.2) is 12.7 Å². The average molecular weight is 283 g/mol. The summed E-state index contributed by atoms with van der Waals surface area (Å²) in [6.07, 6.45) is 6.62. The van der Waals surface area contributed by atoms with Gasteiger partial charge in [0.05, 0.1) is 6.26 Å². The van der Waals surface area contributed by atoms with Crippen molar-refractivity contribution in [2.75, 3.05) is 19.3 Å². The van der Waals surface area contributed by atoms with Gasteiger partial charge in [-0.15, -0.1) is 0 Å². The predicted molar refractivity (Wildman–Crippen MR) is 75.2 cm³/mol. The van der Waals surface area contributed by atoms with E-state index in [1.54, 1.807) is 10.5 Å². The van der Waals surface area contributed by atoms with Crippen molar-refractivity contribution in [2.45, 2.75) is 31.8 Å². The van der Waals surface area contributed by atoms with Crippen LogP contribution in [0.25, 0.3) is 0 Å². The Morgan fingerprint density at radius 2 is 2.11 bits per heavy atom. The lowest BCUT2D eigenvalue weighted by Gasteiger charge is -2.32. The predicted octanol–water partition coefficient (Wildman–Crippen LogP) is 1.16. The van der Waals surface area contributed by atoms with Crippen molar-refractivity contribution >= 4 is 10.0 Å². The lowest BCUT2D eigenvalue weighted by Crippen LogP contribution is -2.45. The second kappa shape index (κ2) is 5.98. The van der Waals surface area contributed by atoms with Crippen molar-refractivity contribution in [2.24, 2.45) is 0 Å². The summed E-state index contributed by atoms with van der Waals surface area (Å²) in [5.41, 5.74) is 1.16. The van der Waals surface area contributed by atoms with Gasteiger partial charge in [0, 0.05) is 37.6 Å². The summed E-state index contributed by atoms with van der Waals surface area (Å²) in [5, 5.41) is 3.55. The van der Waals surface area contributed by atoms with Gasteiger partial charge >= 0.3 is 0 Å². The highest BCUT2D eigenvalue weighted by Gasteiger charge is 2.25. The van der Waals surface area contributed by atoms with Crippen LogP contribution in [0.5, 0.6) is 0 Å². The minimum absolute atomic E-state index is 0.239. The Bertz CT molecular complexity index is 496. The summed E-state index contributed by atoms with van der Waals surface area (Å²) in [7, 11) is -3.03. The van der Waals surface area contributed by atoms with Crippen LogP contribution in [-0.2, 0) is 10.0 Å². The molecule has 0 aromatic carbocycles. The average Bonchev–Trinajstić information content (AvgIpc) is 2.39. The Hall–Kier alpha value is -0.980. The molecule has 1 N–H and O–H groups in total. The largest absolute Gasteiger partial charge is 0.307 e. The van der Waals surface area contributed by atoms with Crippen molar-refractivity contribution in [3.63, 3.8) is 0 Å². The van der Waals surface area contributed by atoms with Crippen LogP contribution in [0.15, 0.2) is 24.5 Å². The molecule has 0 spiro atoms. The number of aromatic nitrogens is 1. The second-order valence-corrected chi connectivity index (χ2v) is 7.09. The molecule has 1 aromatic heterocycles. The number of nitrogens with zero attached hydrogens (tertiary/aromatic N) is 2. The van der Waals surface area contributed by atoms with Crippen LogP contribution in [0, 0.1) is 0 Å². The highest BCUT2D eigenvalue weighted by molar-refractivity contribution is 7.88. The standard InChI is InChI=1S/C13H21N3O2S/c1-11(12-4-3-7-14-10-12)15-13-5-8-16(9-6-13)19(2,17)18/h3-4,7,10-11,13,15H,5-6,8-9H2,1-2H3. The zero-order chi connectivity index (χ0) is 13.9. The van der Waals surface area contributed by atoms with Gasteiger partial charge in [-0.1, -0.05) is 6.07 Å². The molecule has 1 atom stereocenters. The number of nitrogens with one attached hydrogen (secondary N) is 1. The number of piperidine rings is 1. The molecule has 0 amide bonds. The number of sulfonamides is 1. The molecule has 0 aliphatic carbocycles. The zero-order valence-electron chi connectivity index (χ0n) is 11.4. The van der Waals surface area contributed by atoms with E-state index in [1.165, 1.54) is 6.26 Å². The second-order valence-electron chi connectivity index (χ2n) is 5.11. The zero-order valence-corrected chi connectivity index (χ0v) is 12.2. The molecule has 19 heavy (non-hydrogen) atoms. The number of pyridine rings is 1. The van der Waals surface area contributed by atoms with Crippen LogP contribution < -0.4 is 5.32 Å². The maximum Gasteiger partial charge on any atom is 0.211 e. The summed E-state index contributed by atoms with van der Waals surface area (Å²) in [5.74, 6) is 0. The Morgan fingerprint density at radius 3 is 2.63 bits per heavy atom. The Labute approximate surface area is 115 Å². The third-order valence-corrected chi connectivity index (χ3v) is 4.90. The molecule has 1 saturated heterocycles. The summed E-state index contributed by atoms with van der Waals surface area (Å²) in [4.78, 5) is 4.12. The maximum atomic E-state index is 11.4. The Morgan fingerprint density at radius 1 is 1.42 bits per heavy atom. The summed E-state index contributed by atoms with van der Waals surface area (Å²) >= 11 is 0. The van der Waals surface area contributed by atoms with Crippen molar-refractivity contribution in [1.82, 2.24) is 14.6 Å². The van der Waals surface area contributed by atoms with Gasteiger partial charge in [0.2, 0.25) is 10.0 Å². The lowest BCUT2D eigenvalue weighted by molar-refractivity contribution is 0.278. The third kappa shape index (κ3) is 3.99. The first-order valence-corrected chi connectivity index (χ1v) is 8.43. The quantitative estimate of drug-likeness (QED) is 0.900. The monoisotopic (exact) mass is 283 g/mol. The number of rotatable bonds is 4. The minimum Gasteiger partial charge on any atom is -0.307 e. The van der Waals surface area contributed by atoms with E-state index in [1.807, 2.05) is 12.3 Å². The molecule has 1 aliphatic rings. The first-order chi connectivity index (χ1) is 8.97. The first kappa shape index (κ1) is 14.4. The summed E-state index contributed by atoms with van der Waals surface area (Å²) in [6.45, 7) is 3.33. The van der Waals surface area contributed by atoms with E-state index in [9.17, 15) is 8.42 Å². The SMILES string of the molecule is CC(NC1CCN(S(C)(=O)=O)CC1)c1cccnc1. The van der Waals surface area contributed by atoms with Crippen LogP contribution in [0.3, 0.4) is 0 Å². The molecule has 106 valence electrons.